The van der Waals surface area contributed by atoms with Crippen LogP contribution in [-0.2, 0) is 4.79 Å². The third-order valence-corrected chi connectivity index (χ3v) is 3.37. The first-order valence-electron chi connectivity index (χ1n) is 6.08. The topological polar surface area (TPSA) is 112 Å². The summed E-state index contributed by atoms with van der Waals surface area (Å²) in [6.45, 7) is 1.91. The van der Waals surface area contributed by atoms with Crippen molar-refractivity contribution in [1.82, 2.24) is 10.9 Å². The van der Waals surface area contributed by atoms with Crippen LogP contribution < -0.4 is 15.9 Å². The van der Waals surface area contributed by atoms with Crippen LogP contribution in [-0.4, -0.2) is 29.0 Å². The van der Waals surface area contributed by atoms with Gasteiger partial charge in [-0.05, 0) is 19.1 Å². The van der Waals surface area contributed by atoms with Crippen molar-refractivity contribution in [2.75, 3.05) is 5.01 Å². The number of non-ortho nitro benzene ring substituents is 1. The smallest absolute Gasteiger partial charge is 0.269 e. The minimum atomic E-state index is -0.497. The number of anilines is 1. The summed E-state index contributed by atoms with van der Waals surface area (Å²) in [4.78, 5) is 22.4. The monoisotopic (exact) mass is 276 g/mol. The van der Waals surface area contributed by atoms with E-state index in [0.29, 0.717) is 5.69 Å². The lowest BCUT2D eigenvalue weighted by molar-refractivity contribution is -0.384. The zero-order chi connectivity index (χ0) is 14.3. The Morgan fingerprint density at radius 1 is 1.30 bits per heavy atom. The van der Waals surface area contributed by atoms with Gasteiger partial charge in [-0.25, -0.2) is 5.43 Å². The first-order chi connectivity index (χ1) is 9.58. The van der Waals surface area contributed by atoms with Crippen molar-refractivity contribution in [1.29, 1.82) is 0 Å². The Hall–Kier alpha value is -2.39. The zero-order valence-corrected chi connectivity index (χ0v) is 10.6. The Morgan fingerprint density at radius 3 is 2.65 bits per heavy atom. The lowest BCUT2D eigenvalue weighted by Crippen LogP contribution is -2.49. The first kappa shape index (κ1) is 12.6. The molecule has 3 rings (SSSR count). The summed E-state index contributed by atoms with van der Waals surface area (Å²) in [5.41, 5.74) is 6.24. The second kappa shape index (κ2) is 4.62. The lowest BCUT2D eigenvalue weighted by atomic mass is 10.0. The van der Waals surface area contributed by atoms with Crippen LogP contribution >= 0.6 is 0 Å². The van der Waals surface area contributed by atoms with Gasteiger partial charge in [0.1, 0.15) is 12.1 Å². The van der Waals surface area contributed by atoms with Gasteiger partial charge in [-0.15, -0.1) is 0 Å². The molecule has 1 amide bonds. The summed E-state index contributed by atoms with van der Waals surface area (Å²) < 4.78 is 0. The van der Waals surface area contributed by atoms with Gasteiger partial charge in [-0.3, -0.25) is 20.3 Å². The predicted molar refractivity (Wildman–Crippen MR) is 68.7 cm³/mol. The fourth-order valence-corrected chi connectivity index (χ4v) is 2.24. The van der Waals surface area contributed by atoms with E-state index in [1.165, 1.54) is 24.3 Å². The number of nitro benzene ring substituents is 1. The van der Waals surface area contributed by atoms with Gasteiger partial charge >= 0.3 is 0 Å². The molecule has 1 aromatic rings. The highest BCUT2D eigenvalue weighted by Crippen LogP contribution is 2.26. The Morgan fingerprint density at radius 2 is 2.00 bits per heavy atom. The largest absolute Gasteiger partial charge is 0.271 e. The van der Waals surface area contributed by atoms with Crippen LogP contribution in [0.5, 0.6) is 0 Å². The summed E-state index contributed by atoms with van der Waals surface area (Å²) in [6, 6.07) is 4.91. The Bertz CT molecular complexity index is 586. The van der Waals surface area contributed by atoms with Gasteiger partial charge in [0.25, 0.3) is 11.6 Å². The number of carbonyl (C=O) groups is 1. The average molecular weight is 276 g/mol. The molecule has 2 aliphatic rings. The predicted octanol–water partition coefficient (Wildman–Crippen LogP) is 0.542. The van der Waals surface area contributed by atoms with E-state index < -0.39 is 11.0 Å². The molecule has 9 nitrogen and oxygen atoms in total. The number of nitro groups is 1. The van der Waals surface area contributed by atoms with Crippen molar-refractivity contribution in [3.63, 3.8) is 0 Å². The number of nitrogens with one attached hydrogen (secondary N) is 2. The van der Waals surface area contributed by atoms with Gasteiger partial charge in [0.2, 0.25) is 0 Å². The molecule has 1 saturated heterocycles. The number of benzene rings is 1. The normalized spacial score (nSPS) is 28.6. The van der Waals surface area contributed by atoms with Crippen LogP contribution in [0.3, 0.4) is 0 Å². The van der Waals surface area contributed by atoms with E-state index in [-0.39, 0.29) is 23.7 Å². The molecule has 9 heteroatoms. The van der Waals surface area contributed by atoms with Crippen LogP contribution in [0, 0.1) is 10.1 Å². The molecule has 0 saturated carbocycles. The molecule has 3 atom stereocenters. The van der Waals surface area contributed by atoms with E-state index >= 15 is 0 Å². The number of hydrogen-bond acceptors (Lipinski definition) is 7. The van der Waals surface area contributed by atoms with Crippen molar-refractivity contribution in [3.05, 3.63) is 34.4 Å². The molecule has 20 heavy (non-hydrogen) atoms. The second-order valence-electron chi connectivity index (χ2n) is 4.67. The summed E-state index contributed by atoms with van der Waals surface area (Å²) in [6.07, 6.45) is 0. The standard InChI is InChI=1S/C11H12N6O3/c1-6-9-10(13-12-6)11(18)16(15-14-9)7-2-4-8(5-3-7)17(19)20/h2-6,9-10,12-13H,1H3. The average Bonchev–Trinajstić information content (AvgIpc) is 2.82. The van der Waals surface area contributed by atoms with E-state index in [9.17, 15) is 14.9 Å². The third-order valence-electron chi connectivity index (χ3n) is 3.37. The maximum Gasteiger partial charge on any atom is 0.269 e. The minimum Gasteiger partial charge on any atom is -0.271 e. The second-order valence-corrected chi connectivity index (χ2v) is 4.67. The van der Waals surface area contributed by atoms with E-state index in [4.69, 9.17) is 0 Å². The van der Waals surface area contributed by atoms with E-state index in [1.807, 2.05) is 6.92 Å². The zero-order valence-electron chi connectivity index (χ0n) is 10.6. The number of hydrogen-bond donors (Lipinski definition) is 2. The molecule has 3 unspecified atom stereocenters. The van der Waals surface area contributed by atoms with E-state index in [2.05, 4.69) is 21.2 Å². The Kier molecular flexibility index (Phi) is 2.92. The molecule has 104 valence electrons. The fraction of sp³-hybridized carbons (Fsp3) is 0.364. The van der Waals surface area contributed by atoms with Crippen LogP contribution in [0.15, 0.2) is 34.6 Å². The highest BCUT2D eigenvalue weighted by Gasteiger charge is 2.43. The van der Waals surface area contributed by atoms with Crippen LogP contribution in [0.2, 0.25) is 0 Å². The summed E-state index contributed by atoms with van der Waals surface area (Å²) in [5, 5.41) is 19.8. The van der Waals surface area contributed by atoms with Crippen molar-refractivity contribution in [2.24, 2.45) is 10.3 Å². The number of carbonyl (C=O) groups excluding carboxylic acids is 1. The fourth-order valence-electron chi connectivity index (χ4n) is 2.24. The number of rotatable bonds is 2. The van der Waals surface area contributed by atoms with Gasteiger partial charge in [0, 0.05) is 18.2 Å². The van der Waals surface area contributed by atoms with Crippen molar-refractivity contribution in [3.8, 4) is 0 Å². The molecule has 2 heterocycles. The molecule has 0 radical (unpaired) electrons. The molecule has 0 aromatic heterocycles. The van der Waals surface area contributed by atoms with E-state index in [0.717, 1.165) is 5.01 Å². The first-order valence-corrected chi connectivity index (χ1v) is 6.08. The van der Waals surface area contributed by atoms with Gasteiger partial charge in [0.05, 0.1) is 10.6 Å². The molecular weight excluding hydrogens is 264 g/mol. The summed E-state index contributed by atoms with van der Waals surface area (Å²) in [5.74, 6) is -0.240. The number of hydrazine groups is 1. The van der Waals surface area contributed by atoms with Gasteiger partial charge in [0.15, 0.2) is 0 Å². The molecule has 0 bridgehead atoms. The Labute approximate surface area is 113 Å². The van der Waals surface area contributed by atoms with Crippen molar-refractivity contribution < 1.29 is 9.72 Å². The SMILES string of the molecule is CC1NNC2C(=O)N(c3ccc([N+](=O)[O-])cc3)N=NC12. The number of amides is 1. The highest BCUT2D eigenvalue weighted by atomic mass is 16.6. The highest BCUT2D eigenvalue weighted by molar-refractivity contribution is 5.97. The molecule has 2 aliphatic heterocycles. The minimum absolute atomic E-state index is 0.0201. The van der Waals surface area contributed by atoms with Crippen LogP contribution in [0.25, 0.3) is 0 Å². The van der Waals surface area contributed by atoms with Crippen molar-refractivity contribution >= 4 is 17.3 Å². The molecule has 0 aliphatic carbocycles. The quantitative estimate of drug-likeness (QED) is 0.604. The molecule has 0 spiro atoms. The summed E-state index contributed by atoms with van der Waals surface area (Å²) in [7, 11) is 0. The third kappa shape index (κ3) is 1.92. The molecule has 1 aromatic carbocycles. The number of fused-ring (bicyclic) bond motifs is 1. The van der Waals surface area contributed by atoms with E-state index in [1.54, 1.807) is 0 Å². The van der Waals surface area contributed by atoms with Gasteiger partial charge in [-0.1, -0.05) is 5.22 Å². The maximum atomic E-state index is 12.3. The lowest BCUT2D eigenvalue weighted by Gasteiger charge is -2.26. The summed E-state index contributed by atoms with van der Waals surface area (Å²) >= 11 is 0. The van der Waals surface area contributed by atoms with Crippen molar-refractivity contribution in [2.45, 2.75) is 25.0 Å². The maximum absolute atomic E-state index is 12.3. The molecule has 2 N–H and O–H groups in total. The van der Waals surface area contributed by atoms with Gasteiger partial charge < -0.3 is 0 Å². The molecule has 1 fully saturated rings. The van der Waals surface area contributed by atoms with Crippen LogP contribution in [0.1, 0.15) is 6.92 Å². The Balaban J connectivity index is 1.88. The number of nitrogens with zero attached hydrogens (tertiary/aromatic N) is 4. The van der Waals surface area contributed by atoms with Crippen LogP contribution in [0.4, 0.5) is 11.4 Å². The van der Waals surface area contributed by atoms with Gasteiger partial charge in [-0.2, -0.15) is 10.1 Å². The molecular formula is C11H12N6O3.